The van der Waals surface area contributed by atoms with Gasteiger partial charge in [-0.2, -0.15) is 0 Å². The lowest BCUT2D eigenvalue weighted by molar-refractivity contribution is -0.384. The number of carbonyl (C=O) groups excluding carboxylic acids is 1. The summed E-state index contributed by atoms with van der Waals surface area (Å²) < 4.78 is 5.65. The van der Waals surface area contributed by atoms with E-state index in [0.717, 1.165) is 18.6 Å². The Morgan fingerprint density at radius 3 is 2.54 bits per heavy atom. The number of nitro groups is 1. The van der Waals surface area contributed by atoms with Crippen molar-refractivity contribution in [3.05, 3.63) is 63.7 Å². The summed E-state index contributed by atoms with van der Waals surface area (Å²) in [5.74, 6) is 0.667. The number of aryl methyl sites for hydroxylation is 2. The fourth-order valence-corrected chi connectivity index (χ4v) is 2.58. The molecule has 1 N–H and O–H groups in total. The molecule has 6 heteroatoms. The summed E-state index contributed by atoms with van der Waals surface area (Å²) in [5.41, 5.74) is 2.56. The van der Waals surface area contributed by atoms with Crippen LogP contribution in [0.15, 0.2) is 42.5 Å². The highest BCUT2D eigenvalue weighted by atomic mass is 16.6. The van der Waals surface area contributed by atoms with E-state index < -0.39 is 4.92 Å². The number of anilines is 1. The van der Waals surface area contributed by atoms with Gasteiger partial charge in [0.25, 0.3) is 5.69 Å². The van der Waals surface area contributed by atoms with Gasteiger partial charge in [0.15, 0.2) is 0 Å². The molecule has 0 heterocycles. The Hall–Kier alpha value is -2.89. The fraction of sp³-hybridized carbons (Fsp3) is 0.350. The molecule has 0 atom stereocenters. The summed E-state index contributed by atoms with van der Waals surface area (Å²) in [7, 11) is 0. The SMILES string of the molecule is CCCc1ccc(OCCCC(=O)Nc2ccc([N+](=O)[O-])cc2C)cc1. The van der Waals surface area contributed by atoms with E-state index in [1.807, 2.05) is 12.1 Å². The minimum atomic E-state index is -0.454. The summed E-state index contributed by atoms with van der Waals surface area (Å²) in [4.78, 5) is 22.3. The normalized spacial score (nSPS) is 10.4. The highest BCUT2D eigenvalue weighted by Crippen LogP contribution is 2.21. The predicted molar refractivity (Wildman–Crippen MR) is 102 cm³/mol. The Morgan fingerprint density at radius 1 is 1.19 bits per heavy atom. The van der Waals surface area contributed by atoms with Gasteiger partial charge in [-0.3, -0.25) is 14.9 Å². The van der Waals surface area contributed by atoms with Gasteiger partial charge in [-0.25, -0.2) is 0 Å². The first-order chi connectivity index (χ1) is 12.5. The van der Waals surface area contributed by atoms with E-state index >= 15 is 0 Å². The number of benzene rings is 2. The summed E-state index contributed by atoms with van der Waals surface area (Å²) in [5, 5.41) is 13.5. The van der Waals surface area contributed by atoms with Crippen molar-refractivity contribution in [2.24, 2.45) is 0 Å². The van der Waals surface area contributed by atoms with Gasteiger partial charge in [0.1, 0.15) is 5.75 Å². The molecule has 0 unspecified atom stereocenters. The first-order valence-corrected chi connectivity index (χ1v) is 8.76. The van der Waals surface area contributed by atoms with Gasteiger partial charge >= 0.3 is 0 Å². The van der Waals surface area contributed by atoms with E-state index in [-0.39, 0.29) is 11.6 Å². The van der Waals surface area contributed by atoms with E-state index in [9.17, 15) is 14.9 Å². The van der Waals surface area contributed by atoms with Gasteiger partial charge in [-0.1, -0.05) is 25.5 Å². The average molecular weight is 356 g/mol. The van der Waals surface area contributed by atoms with Gasteiger partial charge in [-0.15, -0.1) is 0 Å². The summed E-state index contributed by atoms with van der Waals surface area (Å²) in [6.07, 6.45) is 3.09. The minimum absolute atomic E-state index is 0.0128. The Bertz CT molecular complexity index is 757. The third-order valence-corrected chi connectivity index (χ3v) is 3.97. The molecule has 0 spiro atoms. The molecule has 6 nitrogen and oxygen atoms in total. The minimum Gasteiger partial charge on any atom is -0.494 e. The Labute approximate surface area is 153 Å². The largest absolute Gasteiger partial charge is 0.494 e. The van der Waals surface area contributed by atoms with Crippen molar-refractivity contribution in [2.45, 2.75) is 39.5 Å². The number of ether oxygens (including phenoxy) is 1. The van der Waals surface area contributed by atoms with Crippen molar-refractivity contribution >= 4 is 17.3 Å². The molecule has 0 saturated heterocycles. The molecule has 2 rings (SSSR count). The van der Waals surface area contributed by atoms with Crippen molar-refractivity contribution in [3.8, 4) is 5.75 Å². The van der Waals surface area contributed by atoms with Gasteiger partial charge in [-0.05, 0) is 49.1 Å². The monoisotopic (exact) mass is 356 g/mol. The third kappa shape index (κ3) is 5.88. The Kier molecular flexibility index (Phi) is 7.14. The molecule has 0 radical (unpaired) electrons. The molecule has 0 aromatic heterocycles. The van der Waals surface area contributed by atoms with E-state index in [1.165, 1.54) is 17.7 Å². The number of nitrogens with one attached hydrogen (secondary N) is 1. The fourth-order valence-electron chi connectivity index (χ4n) is 2.58. The van der Waals surface area contributed by atoms with Gasteiger partial charge in [0, 0.05) is 24.2 Å². The van der Waals surface area contributed by atoms with Gasteiger partial charge in [0.05, 0.1) is 11.5 Å². The first kappa shape index (κ1) is 19.4. The highest BCUT2D eigenvalue weighted by molar-refractivity contribution is 5.91. The van der Waals surface area contributed by atoms with Crippen LogP contribution in [0.3, 0.4) is 0 Å². The van der Waals surface area contributed by atoms with Crippen molar-refractivity contribution in [3.63, 3.8) is 0 Å². The standard InChI is InChI=1S/C20H24N2O4/c1-3-5-16-7-10-18(11-8-16)26-13-4-6-20(23)21-19-12-9-17(22(24)25)14-15(19)2/h7-12,14H,3-6,13H2,1-2H3,(H,21,23). The van der Waals surface area contributed by atoms with Crippen LogP contribution in [0.2, 0.25) is 0 Å². The van der Waals surface area contributed by atoms with E-state index in [0.29, 0.717) is 30.7 Å². The second-order valence-electron chi connectivity index (χ2n) is 6.15. The lowest BCUT2D eigenvalue weighted by Gasteiger charge is -2.09. The lowest BCUT2D eigenvalue weighted by Crippen LogP contribution is -2.13. The maximum absolute atomic E-state index is 12.0. The molecule has 0 aliphatic heterocycles. The third-order valence-electron chi connectivity index (χ3n) is 3.97. The van der Waals surface area contributed by atoms with Crippen LogP contribution in [0.25, 0.3) is 0 Å². The van der Waals surface area contributed by atoms with Crippen LogP contribution in [0.4, 0.5) is 11.4 Å². The second-order valence-corrected chi connectivity index (χ2v) is 6.15. The number of nitrogens with zero attached hydrogens (tertiary/aromatic N) is 1. The van der Waals surface area contributed by atoms with Gasteiger partial charge in [0.2, 0.25) is 5.91 Å². The molecular weight excluding hydrogens is 332 g/mol. The molecule has 26 heavy (non-hydrogen) atoms. The zero-order valence-electron chi connectivity index (χ0n) is 15.2. The summed E-state index contributed by atoms with van der Waals surface area (Å²) in [6.45, 7) is 4.33. The summed E-state index contributed by atoms with van der Waals surface area (Å²) in [6, 6.07) is 12.4. The van der Waals surface area contributed by atoms with Crippen LogP contribution in [0.5, 0.6) is 5.75 Å². The van der Waals surface area contributed by atoms with Crippen molar-refractivity contribution in [1.82, 2.24) is 0 Å². The maximum Gasteiger partial charge on any atom is 0.269 e. The van der Waals surface area contributed by atoms with Gasteiger partial charge < -0.3 is 10.1 Å². The number of rotatable bonds is 9. The number of hydrogen-bond donors (Lipinski definition) is 1. The van der Waals surface area contributed by atoms with E-state index in [1.54, 1.807) is 13.0 Å². The van der Waals surface area contributed by atoms with E-state index in [2.05, 4.69) is 24.4 Å². The molecule has 0 bridgehead atoms. The quantitative estimate of drug-likeness (QED) is 0.403. The molecule has 2 aromatic carbocycles. The molecule has 2 aromatic rings. The molecular formula is C20H24N2O4. The number of amides is 1. The van der Waals surface area contributed by atoms with Crippen LogP contribution >= 0.6 is 0 Å². The Morgan fingerprint density at radius 2 is 1.92 bits per heavy atom. The molecule has 0 aliphatic rings. The summed E-state index contributed by atoms with van der Waals surface area (Å²) >= 11 is 0. The zero-order valence-corrected chi connectivity index (χ0v) is 15.2. The average Bonchev–Trinajstić information content (AvgIpc) is 2.62. The van der Waals surface area contributed by atoms with Crippen LogP contribution in [-0.4, -0.2) is 17.4 Å². The Balaban J connectivity index is 1.74. The molecule has 0 aliphatic carbocycles. The van der Waals surface area contributed by atoms with Crippen LogP contribution in [0, 0.1) is 17.0 Å². The second kappa shape index (κ2) is 9.56. The number of hydrogen-bond acceptors (Lipinski definition) is 4. The smallest absolute Gasteiger partial charge is 0.269 e. The topological polar surface area (TPSA) is 81.5 Å². The molecule has 0 saturated carbocycles. The number of non-ortho nitro benzene ring substituents is 1. The van der Waals surface area contributed by atoms with Crippen molar-refractivity contribution in [2.75, 3.05) is 11.9 Å². The highest BCUT2D eigenvalue weighted by Gasteiger charge is 2.10. The molecule has 138 valence electrons. The molecule has 1 amide bonds. The lowest BCUT2D eigenvalue weighted by atomic mass is 10.1. The maximum atomic E-state index is 12.0. The number of carbonyl (C=O) groups is 1. The van der Waals surface area contributed by atoms with Crippen LogP contribution < -0.4 is 10.1 Å². The van der Waals surface area contributed by atoms with Crippen molar-refractivity contribution < 1.29 is 14.5 Å². The van der Waals surface area contributed by atoms with E-state index in [4.69, 9.17) is 4.74 Å². The van der Waals surface area contributed by atoms with Crippen LogP contribution in [0.1, 0.15) is 37.3 Å². The van der Waals surface area contributed by atoms with Crippen molar-refractivity contribution in [1.29, 1.82) is 0 Å². The zero-order chi connectivity index (χ0) is 18.9. The first-order valence-electron chi connectivity index (χ1n) is 8.76. The van der Waals surface area contributed by atoms with Crippen LogP contribution in [-0.2, 0) is 11.2 Å². The molecule has 0 fully saturated rings. The predicted octanol–water partition coefficient (Wildman–Crippen LogP) is 4.65. The number of nitro benzene ring substituents is 1.